The van der Waals surface area contributed by atoms with Crippen LogP contribution in [0.1, 0.15) is 46.5 Å². The molecule has 1 aliphatic carbocycles. The van der Waals surface area contributed by atoms with Crippen molar-refractivity contribution >= 4 is 0 Å². The van der Waals surface area contributed by atoms with Crippen LogP contribution in [0.2, 0.25) is 0 Å². The molecule has 0 aromatic heterocycles. The van der Waals surface area contributed by atoms with Gasteiger partial charge in [0.2, 0.25) is 0 Å². The summed E-state index contributed by atoms with van der Waals surface area (Å²) in [6.07, 6.45) is 5.90. The Morgan fingerprint density at radius 3 is 2.23 bits per heavy atom. The molecule has 0 aliphatic heterocycles. The van der Waals surface area contributed by atoms with Crippen molar-refractivity contribution in [2.45, 2.75) is 46.5 Å². The minimum atomic E-state index is 0.788. The highest BCUT2D eigenvalue weighted by Gasteiger charge is 2.20. The van der Waals surface area contributed by atoms with E-state index < -0.39 is 0 Å². The van der Waals surface area contributed by atoms with E-state index in [1.165, 1.54) is 38.8 Å². The Hall–Kier alpha value is -0.0400. The van der Waals surface area contributed by atoms with Crippen molar-refractivity contribution in [1.82, 2.24) is 5.32 Å². The minimum Gasteiger partial charge on any atom is -0.316 e. The van der Waals surface area contributed by atoms with Crippen LogP contribution in [0.5, 0.6) is 0 Å². The maximum atomic E-state index is 3.56. The van der Waals surface area contributed by atoms with Crippen LogP contribution in [0.3, 0.4) is 0 Å². The molecule has 1 saturated carbocycles. The van der Waals surface area contributed by atoms with Crippen molar-refractivity contribution in [2.24, 2.45) is 17.8 Å². The van der Waals surface area contributed by atoms with Gasteiger partial charge in [-0.05, 0) is 30.8 Å². The molecule has 0 saturated heterocycles. The van der Waals surface area contributed by atoms with E-state index in [4.69, 9.17) is 0 Å². The first-order valence-electron chi connectivity index (χ1n) is 5.91. The second kappa shape index (κ2) is 5.64. The molecule has 0 aromatic rings. The minimum absolute atomic E-state index is 0.788. The van der Waals surface area contributed by atoms with E-state index in [1.807, 2.05) is 0 Å². The fraction of sp³-hybridized carbons (Fsp3) is 1.00. The summed E-state index contributed by atoms with van der Waals surface area (Å²) in [4.78, 5) is 0. The van der Waals surface area contributed by atoms with Crippen molar-refractivity contribution in [2.75, 3.05) is 13.1 Å². The second-order valence-electron chi connectivity index (χ2n) is 5.07. The maximum Gasteiger partial charge on any atom is -0.00204 e. The van der Waals surface area contributed by atoms with Crippen molar-refractivity contribution < 1.29 is 0 Å². The first-order valence-corrected chi connectivity index (χ1v) is 5.91. The van der Waals surface area contributed by atoms with Gasteiger partial charge in [0.05, 0.1) is 0 Å². The fourth-order valence-electron chi connectivity index (χ4n) is 2.29. The van der Waals surface area contributed by atoms with E-state index in [-0.39, 0.29) is 0 Å². The Morgan fingerprint density at radius 2 is 1.69 bits per heavy atom. The Kier molecular flexibility index (Phi) is 4.79. The zero-order valence-corrected chi connectivity index (χ0v) is 9.47. The second-order valence-corrected chi connectivity index (χ2v) is 5.07. The zero-order chi connectivity index (χ0) is 9.68. The molecule has 1 unspecified atom stereocenters. The van der Waals surface area contributed by atoms with Crippen molar-refractivity contribution in [1.29, 1.82) is 0 Å². The van der Waals surface area contributed by atoms with Gasteiger partial charge in [0.25, 0.3) is 0 Å². The van der Waals surface area contributed by atoms with Gasteiger partial charge in [0.1, 0.15) is 0 Å². The molecule has 0 spiro atoms. The van der Waals surface area contributed by atoms with E-state index in [1.54, 1.807) is 0 Å². The van der Waals surface area contributed by atoms with E-state index in [2.05, 4.69) is 26.1 Å². The summed E-state index contributed by atoms with van der Waals surface area (Å²) < 4.78 is 0. The van der Waals surface area contributed by atoms with Crippen molar-refractivity contribution in [3.8, 4) is 0 Å². The molecule has 1 aliphatic rings. The quantitative estimate of drug-likeness (QED) is 0.691. The predicted molar refractivity (Wildman–Crippen MR) is 58.8 cm³/mol. The largest absolute Gasteiger partial charge is 0.316 e. The molecule has 1 rings (SSSR count). The first-order chi connectivity index (χ1) is 6.20. The molecular formula is C12H25N. The summed E-state index contributed by atoms with van der Waals surface area (Å²) in [5, 5.41) is 3.56. The van der Waals surface area contributed by atoms with Gasteiger partial charge >= 0.3 is 0 Å². The summed E-state index contributed by atoms with van der Waals surface area (Å²) in [7, 11) is 0. The third kappa shape index (κ3) is 4.12. The lowest BCUT2D eigenvalue weighted by Crippen LogP contribution is -2.28. The molecule has 0 radical (unpaired) electrons. The average molecular weight is 183 g/mol. The number of nitrogens with one attached hydrogen (secondary N) is 1. The Morgan fingerprint density at radius 1 is 1.08 bits per heavy atom. The van der Waals surface area contributed by atoms with E-state index in [0.717, 1.165) is 17.8 Å². The van der Waals surface area contributed by atoms with Gasteiger partial charge in [0.15, 0.2) is 0 Å². The van der Waals surface area contributed by atoms with Crippen LogP contribution >= 0.6 is 0 Å². The van der Waals surface area contributed by atoms with Crippen LogP contribution in [0.25, 0.3) is 0 Å². The molecular weight excluding hydrogens is 158 g/mol. The third-order valence-electron chi connectivity index (χ3n) is 3.22. The van der Waals surface area contributed by atoms with Gasteiger partial charge in [-0.2, -0.15) is 0 Å². The lowest BCUT2D eigenvalue weighted by Gasteiger charge is -2.19. The molecule has 13 heavy (non-hydrogen) atoms. The predicted octanol–water partition coefficient (Wildman–Crippen LogP) is 3.06. The van der Waals surface area contributed by atoms with Crippen LogP contribution in [0.15, 0.2) is 0 Å². The molecule has 1 fully saturated rings. The van der Waals surface area contributed by atoms with Gasteiger partial charge in [-0.1, -0.05) is 46.5 Å². The van der Waals surface area contributed by atoms with Gasteiger partial charge in [0, 0.05) is 0 Å². The summed E-state index contributed by atoms with van der Waals surface area (Å²) in [5.74, 6) is 2.69. The standard InChI is InChI=1S/C12H25N/c1-10(2)8-13-9-11(3)12-6-4-5-7-12/h10-13H,4-9H2,1-3H3. The number of hydrogen-bond acceptors (Lipinski definition) is 1. The summed E-state index contributed by atoms with van der Waals surface area (Å²) in [6.45, 7) is 9.35. The molecule has 0 amide bonds. The summed E-state index contributed by atoms with van der Waals surface area (Å²) >= 11 is 0. The molecule has 1 N–H and O–H groups in total. The number of rotatable bonds is 5. The Labute approximate surface area is 83.3 Å². The molecule has 78 valence electrons. The fourth-order valence-corrected chi connectivity index (χ4v) is 2.29. The normalized spacial score (nSPS) is 21.2. The average Bonchev–Trinajstić information content (AvgIpc) is 2.55. The highest BCUT2D eigenvalue weighted by atomic mass is 14.9. The molecule has 0 aromatic carbocycles. The molecule has 1 nitrogen and oxygen atoms in total. The van der Waals surface area contributed by atoms with Crippen LogP contribution in [0.4, 0.5) is 0 Å². The monoisotopic (exact) mass is 183 g/mol. The lowest BCUT2D eigenvalue weighted by molar-refractivity contribution is 0.342. The first kappa shape index (κ1) is 11.0. The highest BCUT2D eigenvalue weighted by Crippen LogP contribution is 2.30. The van der Waals surface area contributed by atoms with Crippen LogP contribution in [-0.2, 0) is 0 Å². The van der Waals surface area contributed by atoms with Gasteiger partial charge in [-0.3, -0.25) is 0 Å². The maximum absolute atomic E-state index is 3.56. The third-order valence-corrected chi connectivity index (χ3v) is 3.22. The number of hydrogen-bond donors (Lipinski definition) is 1. The molecule has 0 bridgehead atoms. The van der Waals surface area contributed by atoms with E-state index in [0.29, 0.717) is 0 Å². The molecule has 1 atom stereocenters. The van der Waals surface area contributed by atoms with E-state index >= 15 is 0 Å². The SMILES string of the molecule is CC(C)CNCC(C)C1CCCC1. The Bertz CT molecular complexity index is 125. The highest BCUT2D eigenvalue weighted by molar-refractivity contribution is 4.74. The van der Waals surface area contributed by atoms with Gasteiger partial charge in [-0.25, -0.2) is 0 Å². The zero-order valence-electron chi connectivity index (χ0n) is 9.47. The van der Waals surface area contributed by atoms with Gasteiger partial charge in [-0.15, -0.1) is 0 Å². The molecule has 0 heterocycles. The smallest absolute Gasteiger partial charge is 0.00204 e. The topological polar surface area (TPSA) is 12.0 Å². The van der Waals surface area contributed by atoms with Gasteiger partial charge < -0.3 is 5.32 Å². The summed E-state index contributed by atoms with van der Waals surface area (Å²) in [5.41, 5.74) is 0. The van der Waals surface area contributed by atoms with Crippen molar-refractivity contribution in [3.63, 3.8) is 0 Å². The Balaban J connectivity index is 2.06. The molecule has 1 heteroatoms. The van der Waals surface area contributed by atoms with Crippen LogP contribution < -0.4 is 5.32 Å². The van der Waals surface area contributed by atoms with Crippen LogP contribution in [0, 0.1) is 17.8 Å². The van der Waals surface area contributed by atoms with E-state index in [9.17, 15) is 0 Å². The lowest BCUT2D eigenvalue weighted by atomic mass is 9.92. The van der Waals surface area contributed by atoms with Crippen LogP contribution in [-0.4, -0.2) is 13.1 Å². The van der Waals surface area contributed by atoms with Crippen molar-refractivity contribution in [3.05, 3.63) is 0 Å². The summed E-state index contributed by atoms with van der Waals surface area (Å²) in [6, 6.07) is 0.